The molecule has 2 aromatic rings. The smallest absolute Gasteiger partial charge is 0.304 e. The first kappa shape index (κ1) is 26.3. The molecule has 0 bridgehead atoms. The van der Waals surface area contributed by atoms with Crippen LogP contribution in [0.15, 0.2) is 48.5 Å². The van der Waals surface area contributed by atoms with E-state index >= 15 is 0 Å². The van der Waals surface area contributed by atoms with E-state index in [2.05, 4.69) is 5.32 Å². The molecule has 0 aliphatic carbocycles. The molecule has 0 unspecified atom stereocenters. The number of hydrogen-bond acceptors (Lipinski definition) is 4. The van der Waals surface area contributed by atoms with Gasteiger partial charge in [-0.1, -0.05) is 42.5 Å². The lowest BCUT2D eigenvalue weighted by atomic mass is 10.1. The Bertz CT molecular complexity index is 1070. The maximum absolute atomic E-state index is 13.5. The zero-order valence-corrected chi connectivity index (χ0v) is 21.0. The summed E-state index contributed by atoms with van der Waals surface area (Å²) in [7, 11) is 0.409. The summed E-state index contributed by atoms with van der Waals surface area (Å²) in [5.74, 6) is -0.765. The third-order valence-corrected chi connectivity index (χ3v) is 7.36. The number of carbonyl (C=O) groups excluding carboxylic acids is 2. The topological polar surface area (TPSA) is 90.0 Å². The summed E-state index contributed by atoms with van der Waals surface area (Å²) in [6, 6.07) is 14.3. The zero-order chi connectivity index (χ0) is 24.8. The average Bonchev–Trinajstić information content (AvgIpc) is 2.79. The number of hydrogen-bond donors (Lipinski definition) is 1. The minimum atomic E-state index is -3.96. The number of carbonyl (C=O) groups is 2. The van der Waals surface area contributed by atoms with Crippen LogP contribution >= 0.6 is 0 Å². The molecule has 0 spiro atoms. The molecule has 0 heterocycles. The number of aryl methyl sites for hydroxylation is 2. The minimum absolute atomic E-state index is 0.278. The summed E-state index contributed by atoms with van der Waals surface area (Å²) in [6.45, 7) is 5.17. The van der Waals surface area contributed by atoms with Gasteiger partial charge in [-0.15, -0.1) is 0 Å². The van der Waals surface area contributed by atoms with E-state index in [-0.39, 0.29) is 12.5 Å². The first-order valence-electron chi connectivity index (χ1n) is 10.8. The largest absolute Gasteiger partial charge is 0.357 e. The molecule has 2 aromatic carbocycles. The summed E-state index contributed by atoms with van der Waals surface area (Å²) >= 11 is 0. The van der Waals surface area contributed by atoms with Gasteiger partial charge in [0.05, 0.1) is 5.69 Å². The first-order chi connectivity index (χ1) is 15.5. The van der Waals surface area contributed by atoms with Gasteiger partial charge in [0.25, 0.3) is 0 Å². The molecule has 0 aliphatic rings. The number of nitrogens with one attached hydrogen (secondary N) is 1. The van der Waals surface area contributed by atoms with E-state index in [4.69, 9.17) is 0 Å². The van der Waals surface area contributed by atoms with Crippen molar-refractivity contribution < 1.29 is 18.0 Å². The molecule has 2 amide bonds. The maximum atomic E-state index is 13.5. The molecule has 8 nitrogen and oxygen atoms in total. The van der Waals surface area contributed by atoms with Gasteiger partial charge in [0.2, 0.25) is 11.8 Å². The van der Waals surface area contributed by atoms with E-state index in [0.717, 1.165) is 25.3 Å². The fourth-order valence-corrected chi connectivity index (χ4v) is 4.58. The van der Waals surface area contributed by atoms with Crippen molar-refractivity contribution in [3.8, 4) is 0 Å². The van der Waals surface area contributed by atoms with Crippen molar-refractivity contribution in [2.75, 3.05) is 38.5 Å². The van der Waals surface area contributed by atoms with E-state index in [9.17, 15) is 18.0 Å². The highest BCUT2D eigenvalue weighted by Gasteiger charge is 2.32. The van der Waals surface area contributed by atoms with E-state index < -0.39 is 28.7 Å². The molecule has 9 heteroatoms. The minimum Gasteiger partial charge on any atom is -0.357 e. The lowest BCUT2D eigenvalue weighted by molar-refractivity contribution is -0.138. The summed E-state index contributed by atoms with van der Waals surface area (Å²) in [6.07, 6.45) is 0.540. The number of anilines is 1. The monoisotopic (exact) mass is 474 g/mol. The van der Waals surface area contributed by atoms with Crippen molar-refractivity contribution in [1.82, 2.24) is 14.5 Å². The highest BCUT2D eigenvalue weighted by molar-refractivity contribution is 7.90. The molecule has 0 fully saturated rings. The van der Waals surface area contributed by atoms with Gasteiger partial charge in [-0.25, -0.2) is 4.31 Å². The molecule has 0 aliphatic heterocycles. The van der Waals surface area contributed by atoms with Crippen molar-refractivity contribution >= 4 is 27.7 Å². The van der Waals surface area contributed by atoms with Gasteiger partial charge >= 0.3 is 10.2 Å². The Kier molecular flexibility index (Phi) is 9.01. The number of rotatable bonds is 10. The van der Waals surface area contributed by atoms with Crippen LogP contribution in [-0.4, -0.2) is 69.7 Å². The van der Waals surface area contributed by atoms with Crippen LogP contribution in [0.1, 0.15) is 23.6 Å². The van der Waals surface area contributed by atoms with Gasteiger partial charge in [-0.2, -0.15) is 12.7 Å². The fraction of sp³-hybridized carbons (Fsp3) is 0.417. The SMILES string of the molecule is CNC(=O)[C@H](C)N(CCc1ccccc1)C(=O)CN(c1cc(C)ccc1C)S(=O)(=O)N(C)C. The second kappa shape index (κ2) is 11.3. The van der Waals surface area contributed by atoms with Crippen LogP contribution in [0.5, 0.6) is 0 Å². The van der Waals surface area contributed by atoms with Crippen LogP contribution in [0.3, 0.4) is 0 Å². The van der Waals surface area contributed by atoms with Crippen LogP contribution in [0, 0.1) is 13.8 Å². The number of amides is 2. The van der Waals surface area contributed by atoms with Crippen LogP contribution < -0.4 is 9.62 Å². The lowest BCUT2D eigenvalue weighted by Crippen LogP contribution is -2.53. The Morgan fingerprint density at radius 2 is 1.67 bits per heavy atom. The van der Waals surface area contributed by atoms with E-state index in [1.165, 1.54) is 26.0 Å². The highest BCUT2D eigenvalue weighted by Crippen LogP contribution is 2.25. The quantitative estimate of drug-likeness (QED) is 0.571. The zero-order valence-electron chi connectivity index (χ0n) is 20.2. The Morgan fingerprint density at radius 1 is 1.03 bits per heavy atom. The highest BCUT2D eigenvalue weighted by atomic mass is 32.2. The van der Waals surface area contributed by atoms with Crippen molar-refractivity contribution in [3.63, 3.8) is 0 Å². The normalized spacial score (nSPS) is 12.3. The maximum Gasteiger partial charge on any atom is 0.304 e. The molecule has 0 radical (unpaired) electrons. The predicted molar refractivity (Wildman–Crippen MR) is 131 cm³/mol. The molecule has 33 heavy (non-hydrogen) atoms. The van der Waals surface area contributed by atoms with Gasteiger partial charge in [0, 0.05) is 27.7 Å². The van der Waals surface area contributed by atoms with Gasteiger partial charge in [0.15, 0.2) is 0 Å². The summed E-state index contributed by atoms with van der Waals surface area (Å²) < 4.78 is 28.6. The van der Waals surface area contributed by atoms with E-state index in [1.54, 1.807) is 19.9 Å². The Hall–Kier alpha value is -2.91. The summed E-state index contributed by atoms with van der Waals surface area (Å²) in [5.41, 5.74) is 3.06. The van der Waals surface area contributed by atoms with Crippen molar-refractivity contribution in [2.24, 2.45) is 0 Å². The number of benzene rings is 2. The van der Waals surface area contributed by atoms with Gasteiger partial charge in [-0.05, 0) is 49.9 Å². The van der Waals surface area contributed by atoms with Crippen molar-refractivity contribution in [3.05, 3.63) is 65.2 Å². The lowest BCUT2D eigenvalue weighted by Gasteiger charge is -2.33. The summed E-state index contributed by atoms with van der Waals surface area (Å²) in [4.78, 5) is 27.3. The van der Waals surface area contributed by atoms with Gasteiger partial charge in [-0.3, -0.25) is 9.59 Å². The fourth-order valence-electron chi connectivity index (χ4n) is 3.47. The predicted octanol–water partition coefficient (Wildman–Crippen LogP) is 2.12. The van der Waals surface area contributed by atoms with Crippen molar-refractivity contribution in [2.45, 2.75) is 33.2 Å². The van der Waals surface area contributed by atoms with E-state index in [1.807, 2.05) is 49.4 Å². The van der Waals surface area contributed by atoms with Gasteiger partial charge < -0.3 is 10.2 Å². The Balaban J connectivity index is 2.42. The summed E-state index contributed by atoms with van der Waals surface area (Å²) in [5, 5.41) is 2.58. The third-order valence-electron chi connectivity index (χ3n) is 5.55. The second-order valence-corrected chi connectivity index (χ2v) is 10.3. The molecule has 0 aromatic heterocycles. The second-order valence-electron chi connectivity index (χ2n) is 8.20. The Morgan fingerprint density at radius 3 is 2.24 bits per heavy atom. The Labute approximate surface area is 197 Å². The third kappa shape index (κ3) is 6.55. The molecule has 180 valence electrons. The van der Waals surface area contributed by atoms with Crippen LogP contribution in [0.4, 0.5) is 5.69 Å². The van der Waals surface area contributed by atoms with Crippen LogP contribution in [-0.2, 0) is 26.2 Å². The molecular weight excluding hydrogens is 440 g/mol. The average molecular weight is 475 g/mol. The number of likely N-dealkylation sites (N-methyl/N-ethyl adjacent to an activating group) is 1. The molecule has 2 rings (SSSR count). The molecule has 1 atom stereocenters. The number of nitrogens with zero attached hydrogens (tertiary/aromatic N) is 3. The van der Waals surface area contributed by atoms with Crippen molar-refractivity contribution in [1.29, 1.82) is 0 Å². The molecule has 0 saturated heterocycles. The van der Waals surface area contributed by atoms with E-state index in [0.29, 0.717) is 12.1 Å². The van der Waals surface area contributed by atoms with Crippen LogP contribution in [0.2, 0.25) is 0 Å². The molecule has 0 saturated carbocycles. The van der Waals surface area contributed by atoms with Gasteiger partial charge in [0.1, 0.15) is 12.6 Å². The molecule has 1 N–H and O–H groups in total. The molecular formula is C24H34N4O4S. The standard InChI is InChI=1S/C24H34N4O4S/c1-18-12-13-19(2)22(16-18)28(33(31,32)26(5)6)17-23(29)27(20(3)24(30)25-4)15-14-21-10-8-7-9-11-21/h7-13,16,20H,14-15,17H2,1-6H3,(H,25,30)/t20-/m0/s1. The first-order valence-corrected chi connectivity index (χ1v) is 12.2. The van der Waals surface area contributed by atoms with Crippen LogP contribution in [0.25, 0.3) is 0 Å².